The molecule has 3 rings (SSSR count). The summed E-state index contributed by atoms with van der Waals surface area (Å²) in [6.45, 7) is 4.58. The lowest BCUT2D eigenvalue weighted by Gasteiger charge is -2.26. The van der Waals surface area contributed by atoms with Crippen LogP contribution in [0.15, 0.2) is 48.5 Å². The van der Waals surface area contributed by atoms with E-state index in [-0.39, 0.29) is 18.6 Å². The van der Waals surface area contributed by atoms with Crippen molar-refractivity contribution in [3.63, 3.8) is 0 Å². The molecule has 1 aliphatic rings. The lowest BCUT2D eigenvalue weighted by atomic mass is 10.1. The Kier molecular flexibility index (Phi) is 5.94. The van der Waals surface area contributed by atoms with Gasteiger partial charge in [0, 0.05) is 34.4 Å². The van der Waals surface area contributed by atoms with Crippen LogP contribution in [-0.4, -0.2) is 36.3 Å². The molecular formula is C20H23ClN2O3. The van der Waals surface area contributed by atoms with Gasteiger partial charge in [0.05, 0.1) is 12.7 Å². The standard InChI is InChI=1S/C20H23ClN2O3/c1-13(2)22-11-16(24)12-26-20-18-6-4-3-5-17(18)19(25)23(20)15-9-7-14(21)8-10-15/h3-10,13,16,20,22,24H,11-12H2,1-2H3. The maximum Gasteiger partial charge on any atom is 0.261 e. The summed E-state index contributed by atoms with van der Waals surface area (Å²) < 4.78 is 5.97. The normalized spacial score (nSPS) is 17.7. The second kappa shape index (κ2) is 8.18. The molecule has 0 fully saturated rings. The molecule has 5 nitrogen and oxygen atoms in total. The third-order valence-electron chi connectivity index (χ3n) is 4.22. The number of fused-ring (bicyclic) bond motifs is 1. The third-order valence-corrected chi connectivity index (χ3v) is 4.48. The lowest BCUT2D eigenvalue weighted by molar-refractivity contribution is -0.00721. The monoisotopic (exact) mass is 374 g/mol. The van der Waals surface area contributed by atoms with E-state index in [1.54, 1.807) is 35.2 Å². The van der Waals surface area contributed by atoms with Gasteiger partial charge in [0.2, 0.25) is 0 Å². The average Bonchev–Trinajstić information content (AvgIpc) is 2.91. The number of hydrogen-bond acceptors (Lipinski definition) is 4. The van der Waals surface area contributed by atoms with Crippen LogP contribution in [0, 0.1) is 0 Å². The van der Waals surface area contributed by atoms with Crippen molar-refractivity contribution in [1.29, 1.82) is 0 Å². The molecule has 1 aliphatic heterocycles. The minimum Gasteiger partial charge on any atom is -0.389 e. The SMILES string of the molecule is CC(C)NCC(O)COC1c2ccccc2C(=O)N1c1ccc(Cl)cc1. The fourth-order valence-electron chi connectivity index (χ4n) is 2.93. The van der Waals surface area contributed by atoms with Gasteiger partial charge >= 0.3 is 0 Å². The van der Waals surface area contributed by atoms with Crippen molar-refractivity contribution in [3.8, 4) is 0 Å². The number of carbonyl (C=O) groups excluding carboxylic acids is 1. The number of nitrogens with zero attached hydrogens (tertiary/aromatic N) is 1. The lowest BCUT2D eigenvalue weighted by Crippen LogP contribution is -2.36. The fourth-order valence-corrected chi connectivity index (χ4v) is 3.06. The van der Waals surface area contributed by atoms with E-state index in [2.05, 4.69) is 5.32 Å². The minimum absolute atomic E-state index is 0.121. The van der Waals surface area contributed by atoms with E-state index in [1.165, 1.54) is 0 Å². The molecule has 0 saturated carbocycles. The largest absolute Gasteiger partial charge is 0.389 e. The van der Waals surface area contributed by atoms with Crippen LogP contribution in [0.4, 0.5) is 5.69 Å². The molecule has 6 heteroatoms. The number of amides is 1. The van der Waals surface area contributed by atoms with Crippen LogP contribution in [0.5, 0.6) is 0 Å². The number of aliphatic hydroxyl groups excluding tert-OH is 1. The molecular weight excluding hydrogens is 352 g/mol. The molecule has 0 spiro atoms. The average molecular weight is 375 g/mol. The van der Waals surface area contributed by atoms with Crippen LogP contribution in [-0.2, 0) is 4.74 Å². The molecule has 0 saturated heterocycles. The van der Waals surface area contributed by atoms with Crippen LogP contribution in [0.2, 0.25) is 5.02 Å². The number of ether oxygens (including phenoxy) is 1. The van der Waals surface area contributed by atoms with Gasteiger partial charge in [-0.2, -0.15) is 0 Å². The zero-order valence-corrected chi connectivity index (χ0v) is 15.6. The summed E-state index contributed by atoms with van der Waals surface area (Å²) in [5.41, 5.74) is 2.12. The summed E-state index contributed by atoms with van der Waals surface area (Å²) in [5.74, 6) is -0.122. The Hall–Kier alpha value is -1.92. The number of halogens is 1. The highest BCUT2D eigenvalue weighted by Crippen LogP contribution is 2.38. The number of rotatable bonds is 7. The van der Waals surface area contributed by atoms with Crippen molar-refractivity contribution in [2.45, 2.75) is 32.2 Å². The van der Waals surface area contributed by atoms with Crippen LogP contribution in [0.3, 0.4) is 0 Å². The van der Waals surface area contributed by atoms with Crippen molar-refractivity contribution in [2.24, 2.45) is 0 Å². The molecule has 2 N–H and O–H groups in total. The van der Waals surface area contributed by atoms with Gasteiger partial charge in [-0.05, 0) is 30.3 Å². The Bertz CT molecular complexity index is 764. The molecule has 138 valence electrons. The van der Waals surface area contributed by atoms with Crippen molar-refractivity contribution >= 4 is 23.2 Å². The highest BCUT2D eigenvalue weighted by molar-refractivity contribution is 6.30. The Morgan fingerprint density at radius 3 is 2.58 bits per heavy atom. The molecule has 1 heterocycles. The Balaban J connectivity index is 1.81. The van der Waals surface area contributed by atoms with E-state index in [4.69, 9.17) is 16.3 Å². The van der Waals surface area contributed by atoms with Crippen molar-refractivity contribution in [3.05, 3.63) is 64.7 Å². The zero-order chi connectivity index (χ0) is 18.7. The molecule has 2 unspecified atom stereocenters. The van der Waals surface area contributed by atoms with E-state index in [0.717, 1.165) is 5.56 Å². The molecule has 2 aromatic carbocycles. The quantitative estimate of drug-likeness (QED) is 0.780. The highest BCUT2D eigenvalue weighted by atomic mass is 35.5. The van der Waals surface area contributed by atoms with E-state index in [0.29, 0.717) is 22.8 Å². The molecule has 0 radical (unpaired) electrons. The predicted molar refractivity (Wildman–Crippen MR) is 103 cm³/mol. The Morgan fingerprint density at radius 2 is 1.88 bits per heavy atom. The maximum atomic E-state index is 12.9. The van der Waals surface area contributed by atoms with Gasteiger partial charge in [-0.1, -0.05) is 43.6 Å². The second-order valence-corrected chi connectivity index (χ2v) is 7.08. The van der Waals surface area contributed by atoms with Gasteiger partial charge in [-0.25, -0.2) is 0 Å². The van der Waals surface area contributed by atoms with Crippen LogP contribution in [0.25, 0.3) is 0 Å². The van der Waals surface area contributed by atoms with E-state index in [1.807, 2.05) is 32.0 Å². The minimum atomic E-state index is -0.660. The number of aliphatic hydroxyl groups is 1. The second-order valence-electron chi connectivity index (χ2n) is 6.64. The van der Waals surface area contributed by atoms with Crippen LogP contribution < -0.4 is 10.2 Å². The Labute approximate surface area is 158 Å². The van der Waals surface area contributed by atoms with Crippen molar-refractivity contribution in [1.82, 2.24) is 5.32 Å². The summed E-state index contributed by atoms with van der Waals surface area (Å²) >= 11 is 5.97. The number of anilines is 1. The van der Waals surface area contributed by atoms with Crippen molar-refractivity contribution in [2.75, 3.05) is 18.1 Å². The molecule has 26 heavy (non-hydrogen) atoms. The first kappa shape index (κ1) is 18.9. The van der Waals surface area contributed by atoms with E-state index in [9.17, 15) is 9.90 Å². The smallest absolute Gasteiger partial charge is 0.261 e. The number of carbonyl (C=O) groups is 1. The first-order valence-corrected chi connectivity index (χ1v) is 9.06. The van der Waals surface area contributed by atoms with Gasteiger partial charge < -0.3 is 15.2 Å². The fraction of sp³-hybridized carbons (Fsp3) is 0.350. The first-order chi connectivity index (χ1) is 12.5. The molecule has 2 atom stereocenters. The topological polar surface area (TPSA) is 61.8 Å². The van der Waals surface area contributed by atoms with Crippen LogP contribution >= 0.6 is 11.6 Å². The number of benzene rings is 2. The molecule has 2 aromatic rings. The summed E-state index contributed by atoms with van der Waals surface area (Å²) in [4.78, 5) is 14.5. The molecule has 0 bridgehead atoms. The number of hydrogen-bond donors (Lipinski definition) is 2. The molecule has 0 aromatic heterocycles. The third kappa shape index (κ3) is 4.07. The first-order valence-electron chi connectivity index (χ1n) is 8.68. The van der Waals surface area contributed by atoms with Crippen LogP contribution in [0.1, 0.15) is 36.0 Å². The van der Waals surface area contributed by atoms with Gasteiger partial charge in [-0.3, -0.25) is 9.69 Å². The van der Waals surface area contributed by atoms with Crippen molar-refractivity contribution < 1.29 is 14.6 Å². The summed E-state index contributed by atoms with van der Waals surface area (Å²) in [6, 6.07) is 14.7. The summed E-state index contributed by atoms with van der Waals surface area (Å²) in [7, 11) is 0. The molecule has 1 amide bonds. The Morgan fingerprint density at radius 1 is 1.19 bits per heavy atom. The summed E-state index contributed by atoms with van der Waals surface area (Å²) in [6.07, 6.45) is -1.24. The predicted octanol–water partition coefficient (Wildman–Crippen LogP) is 3.37. The van der Waals surface area contributed by atoms with E-state index >= 15 is 0 Å². The van der Waals surface area contributed by atoms with Gasteiger partial charge in [0.25, 0.3) is 5.91 Å². The number of nitrogens with one attached hydrogen (secondary N) is 1. The summed E-state index contributed by atoms with van der Waals surface area (Å²) in [5, 5.41) is 13.9. The zero-order valence-electron chi connectivity index (χ0n) is 14.9. The van der Waals surface area contributed by atoms with E-state index < -0.39 is 12.3 Å². The van der Waals surface area contributed by atoms with Gasteiger partial charge in [-0.15, -0.1) is 0 Å². The highest BCUT2D eigenvalue weighted by Gasteiger charge is 2.38. The molecule has 0 aliphatic carbocycles. The maximum absolute atomic E-state index is 12.9. The van der Waals surface area contributed by atoms with Gasteiger partial charge in [0.1, 0.15) is 0 Å². The van der Waals surface area contributed by atoms with Gasteiger partial charge in [0.15, 0.2) is 6.23 Å².